The predicted octanol–water partition coefficient (Wildman–Crippen LogP) is 3.41. The molecule has 0 spiro atoms. The molecule has 126 valence electrons. The Kier molecular flexibility index (Phi) is 14.2. The minimum absolute atomic E-state index is 0.0611. The Hall–Kier alpha value is -0.420. The molecule has 0 amide bonds. The second-order valence-corrected chi connectivity index (χ2v) is 5.55. The van der Waals surface area contributed by atoms with E-state index in [0.29, 0.717) is 6.42 Å². The lowest BCUT2D eigenvalue weighted by Crippen LogP contribution is -2.24. The van der Waals surface area contributed by atoms with Gasteiger partial charge in [-0.15, -0.1) is 0 Å². The molecule has 0 heterocycles. The second kappa shape index (κ2) is 14.5. The fourth-order valence-corrected chi connectivity index (χ4v) is 2.13. The van der Waals surface area contributed by atoms with Gasteiger partial charge in [-0.3, -0.25) is 0 Å². The SMILES string of the molecule is CCCCC[C@@H](/C=C\[C@@H](O)[C@H](O)CCCCC)OCOC. The summed E-state index contributed by atoms with van der Waals surface area (Å²) in [5.41, 5.74) is 0. The van der Waals surface area contributed by atoms with Gasteiger partial charge in [0.2, 0.25) is 0 Å². The summed E-state index contributed by atoms with van der Waals surface area (Å²) in [7, 11) is 1.60. The van der Waals surface area contributed by atoms with E-state index in [9.17, 15) is 10.2 Å². The highest BCUT2D eigenvalue weighted by Crippen LogP contribution is 2.11. The van der Waals surface area contributed by atoms with Gasteiger partial charge < -0.3 is 19.7 Å². The Morgan fingerprint density at radius 1 is 0.905 bits per heavy atom. The Bertz CT molecular complexity index is 243. The number of aliphatic hydroxyl groups excluding tert-OH is 2. The maximum absolute atomic E-state index is 9.94. The van der Waals surface area contributed by atoms with Gasteiger partial charge >= 0.3 is 0 Å². The molecule has 0 saturated carbocycles. The van der Waals surface area contributed by atoms with Gasteiger partial charge in [0.1, 0.15) is 6.79 Å². The van der Waals surface area contributed by atoms with E-state index in [1.165, 1.54) is 12.8 Å². The van der Waals surface area contributed by atoms with Crippen LogP contribution in [0.2, 0.25) is 0 Å². The first-order valence-corrected chi connectivity index (χ1v) is 8.30. The molecule has 0 bridgehead atoms. The van der Waals surface area contributed by atoms with Gasteiger partial charge in [-0.2, -0.15) is 0 Å². The zero-order chi connectivity index (χ0) is 15.9. The molecule has 2 N–H and O–H groups in total. The van der Waals surface area contributed by atoms with Gasteiger partial charge in [-0.1, -0.05) is 64.5 Å². The molecule has 0 rings (SSSR count). The monoisotopic (exact) mass is 302 g/mol. The predicted molar refractivity (Wildman–Crippen MR) is 86.2 cm³/mol. The van der Waals surface area contributed by atoms with Crippen LogP contribution in [-0.4, -0.2) is 42.4 Å². The van der Waals surface area contributed by atoms with Crippen LogP contribution in [0.25, 0.3) is 0 Å². The summed E-state index contributed by atoms with van der Waals surface area (Å²) in [6.45, 7) is 4.53. The van der Waals surface area contributed by atoms with Crippen LogP contribution >= 0.6 is 0 Å². The summed E-state index contributed by atoms with van der Waals surface area (Å²) in [4.78, 5) is 0. The molecule has 0 aliphatic heterocycles. The minimum Gasteiger partial charge on any atom is -0.390 e. The summed E-state index contributed by atoms with van der Waals surface area (Å²) in [6.07, 6.45) is 10.1. The van der Waals surface area contributed by atoms with Crippen LogP contribution in [0.5, 0.6) is 0 Å². The zero-order valence-corrected chi connectivity index (χ0v) is 14.0. The van der Waals surface area contributed by atoms with Gasteiger partial charge in [0.05, 0.1) is 18.3 Å². The molecule has 21 heavy (non-hydrogen) atoms. The van der Waals surface area contributed by atoms with Crippen molar-refractivity contribution in [3.8, 4) is 0 Å². The number of hydrogen-bond donors (Lipinski definition) is 2. The third-order valence-corrected chi connectivity index (χ3v) is 3.51. The van der Waals surface area contributed by atoms with Crippen molar-refractivity contribution in [2.75, 3.05) is 13.9 Å². The highest BCUT2D eigenvalue weighted by molar-refractivity contribution is 4.96. The molecule has 0 saturated heterocycles. The van der Waals surface area contributed by atoms with Crippen LogP contribution in [0.1, 0.15) is 65.2 Å². The fourth-order valence-electron chi connectivity index (χ4n) is 2.13. The third-order valence-electron chi connectivity index (χ3n) is 3.51. The van der Waals surface area contributed by atoms with E-state index in [2.05, 4.69) is 13.8 Å². The number of aliphatic hydroxyl groups is 2. The van der Waals surface area contributed by atoms with E-state index >= 15 is 0 Å². The number of rotatable bonds is 14. The molecule has 0 aromatic heterocycles. The van der Waals surface area contributed by atoms with E-state index in [0.717, 1.165) is 32.1 Å². The van der Waals surface area contributed by atoms with Crippen molar-refractivity contribution in [1.82, 2.24) is 0 Å². The topological polar surface area (TPSA) is 58.9 Å². The first-order valence-electron chi connectivity index (χ1n) is 8.30. The average molecular weight is 302 g/mol. The maximum Gasteiger partial charge on any atom is 0.147 e. The van der Waals surface area contributed by atoms with E-state index in [4.69, 9.17) is 9.47 Å². The van der Waals surface area contributed by atoms with Crippen LogP contribution < -0.4 is 0 Å². The highest BCUT2D eigenvalue weighted by atomic mass is 16.7. The first kappa shape index (κ1) is 20.6. The van der Waals surface area contributed by atoms with Crippen molar-refractivity contribution in [3.05, 3.63) is 12.2 Å². The molecule has 0 aliphatic rings. The average Bonchev–Trinajstić information content (AvgIpc) is 2.49. The van der Waals surface area contributed by atoms with Crippen molar-refractivity contribution < 1.29 is 19.7 Å². The number of unbranched alkanes of at least 4 members (excludes halogenated alkanes) is 4. The van der Waals surface area contributed by atoms with Crippen molar-refractivity contribution in [1.29, 1.82) is 0 Å². The van der Waals surface area contributed by atoms with Crippen LogP contribution in [0.4, 0.5) is 0 Å². The van der Waals surface area contributed by atoms with E-state index in [-0.39, 0.29) is 12.9 Å². The van der Waals surface area contributed by atoms with Gasteiger partial charge in [-0.25, -0.2) is 0 Å². The molecular formula is C17H34O4. The van der Waals surface area contributed by atoms with Gasteiger partial charge in [0.15, 0.2) is 0 Å². The lowest BCUT2D eigenvalue weighted by molar-refractivity contribution is -0.0585. The minimum atomic E-state index is -0.818. The van der Waals surface area contributed by atoms with Gasteiger partial charge in [0.25, 0.3) is 0 Å². The molecule has 0 unspecified atom stereocenters. The largest absolute Gasteiger partial charge is 0.390 e. The van der Waals surface area contributed by atoms with Crippen molar-refractivity contribution in [3.63, 3.8) is 0 Å². The molecule has 3 atom stereocenters. The number of hydrogen-bond acceptors (Lipinski definition) is 4. The lowest BCUT2D eigenvalue weighted by atomic mass is 10.0. The summed E-state index contributed by atoms with van der Waals surface area (Å²) in [5, 5.41) is 19.8. The summed E-state index contributed by atoms with van der Waals surface area (Å²) in [6, 6.07) is 0. The molecule has 0 fully saturated rings. The molecule has 0 aliphatic carbocycles. The quantitative estimate of drug-likeness (QED) is 0.293. The normalized spacial score (nSPS) is 16.2. The molecule has 0 aromatic rings. The molecule has 0 radical (unpaired) electrons. The molecule has 0 aromatic carbocycles. The maximum atomic E-state index is 9.94. The zero-order valence-electron chi connectivity index (χ0n) is 14.0. The number of ether oxygens (including phenoxy) is 2. The van der Waals surface area contributed by atoms with Crippen molar-refractivity contribution >= 4 is 0 Å². The standard InChI is InChI=1S/C17H34O4/c1-4-6-8-10-15(21-14-20-3)12-13-17(19)16(18)11-9-7-5-2/h12-13,15-19H,4-11,14H2,1-3H3/b13-12-/t15-,16+,17+/m0/s1. The van der Waals surface area contributed by atoms with Crippen LogP contribution in [0, 0.1) is 0 Å². The van der Waals surface area contributed by atoms with Gasteiger partial charge in [-0.05, 0) is 12.8 Å². The van der Waals surface area contributed by atoms with Crippen molar-refractivity contribution in [2.45, 2.75) is 83.5 Å². The van der Waals surface area contributed by atoms with Gasteiger partial charge in [0, 0.05) is 7.11 Å². The van der Waals surface area contributed by atoms with Crippen LogP contribution in [0.15, 0.2) is 12.2 Å². The second-order valence-electron chi connectivity index (χ2n) is 5.55. The fraction of sp³-hybridized carbons (Fsp3) is 0.882. The van der Waals surface area contributed by atoms with E-state index in [1.807, 2.05) is 6.08 Å². The lowest BCUT2D eigenvalue weighted by Gasteiger charge is -2.17. The Labute approximate surface area is 130 Å². The highest BCUT2D eigenvalue weighted by Gasteiger charge is 2.13. The summed E-state index contributed by atoms with van der Waals surface area (Å²) < 4.78 is 10.5. The van der Waals surface area contributed by atoms with Crippen LogP contribution in [0.3, 0.4) is 0 Å². The Morgan fingerprint density at radius 3 is 2.10 bits per heavy atom. The summed E-state index contributed by atoms with van der Waals surface area (Å²) >= 11 is 0. The third kappa shape index (κ3) is 11.9. The Balaban J connectivity index is 4.17. The van der Waals surface area contributed by atoms with E-state index in [1.54, 1.807) is 13.2 Å². The number of methoxy groups -OCH3 is 1. The summed E-state index contributed by atoms with van der Waals surface area (Å²) in [5.74, 6) is 0. The van der Waals surface area contributed by atoms with Crippen molar-refractivity contribution in [2.24, 2.45) is 0 Å². The van der Waals surface area contributed by atoms with Crippen LogP contribution in [-0.2, 0) is 9.47 Å². The smallest absolute Gasteiger partial charge is 0.147 e. The first-order chi connectivity index (χ1) is 10.2. The Morgan fingerprint density at radius 2 is 1.52 bits per heavy atom. The molecule has 4 nitrogen and oxygen atoms in total. The molecular weight excluding hydrogens is 268 g/mol. The molecule has 4 heteroatoms. The van der Waals surface area contributed by atoms with E-state index < -0.39 is 12.2 Å².